The molecule has 2 aromatic carbocycles. The predicted octanol–water partition coefficient (Wildman–Crippen LogP) is 9.21. The van der Waals surface area contributed by atoms with Gasteiger partial charge in [-0.25, -0.2) is 19.6 Å². The second kappa shape index (κ2) is 25.3. The number of fused-ring (bicyclic) bond motifs is 2. The maximum absolute atomic E-state index is 13.6. The van der Waals surface area contributed by atoms with E-state index in [0.717, 1.165) is 53.7 Å². The lowest BCUT2D eigenvalue weighted by atomic mass is 9.87. The Bertz CT molecular complexity index is 2830. The van der Waals surface area contributed by atoms with Crippen LogP contribution in [0, 0.1) is 11.8 Å². The van der Waals surface area contributed by atoms with E-state index in [0.29, 0.717) is 66.2 Å². The van der Waals surface area contributed by atoms with Crippen molar-refractivity contribution in [3.8, 4) is 16.9 Å². The highest BCUT2D eigenvalue weighted by Crippen LogP contribution is 2.38. The number of H-pyrrole nitrogens is 1. The first kappa shape index (κ1) is 54.5. The summed E-state index contributed by atoms with van der Waals surface area (Å²) in [6.45, 7) is 21.2. The first-order chi connectivity index (χ1) is 31.8. The molecule has 2 unspecified atom stereocenters. The molecule has 6 rings (SSSR count). The Balaban J connectivity index is 0.000000243. The lowest BCUT2D eigenvalue weighted by molar-refractivity contribution is 0.151. The van der Waals surface area contributed by atoms with Crippen LogP contribution in [0.25, 0.3) is 33.2 Å². The van der Waals surface area contributed by atoms with Gasteiger partial charge < -0.3 is 19.9 Å². The summed E-state index contributed by atoms with van der Waals surface area (Å²) in [6.07, 6.45) is 5.81. The number of nitrogens with one attached hydrogen (secondary N) is 1. The van der Waals surface area contributed by atoms with Gasteiger partial charge in [-0.15, -0.1) is 0 Å². The van der Waals surface area contributed by atoms with Crippen molar-refractivity contribution < 1.29 is 19.9 Å². The molecule has 0 aliphatic rings. The molecule has 16 heteroatoms. The predicted molar refractivity (Wildman–Crippen MR) is 273 cm³/mol. The highest BCUT2D eigenvalue weighted by molar-refractivity contribution is 9.10. The normalized spacial score (nSPS) is 12.3. The number of pyridine rings is 2. The summed E-state index contributed by atoms with van der Waals surface area (Å²) in [5, 5.41) is 31.0. The third-order valence-corrected chi connectivity index (χ3v) is 12.1. The Kier molecular flexibility index (Phi) is 20.5. The molecule has 4 aromatic heterocycles. The molecule has 0 fully saturated rings. The van der Waals surface area contributed by atoms with E-state index in [-0.39, 0.29) is 40.0 Å². The fourth-order valence-electron chi connectivity index (χ4n) is 8.10. The van der Waals surface area contributed by atoms with Gasteiger partial charge in [0.1, 0.15) is 17.0 Å². The lowest BCUT2D eigenvalue weighted by Crippen LogP contribution is -2.40. The summed E-state index contributed by atoms with van der Waals surface area (Å²) >= 11 is 3.38. The maximum atomic E-state index is 13.6. The minimum atomic E-state index is -0.847. The molecule has 6 aromatic rings. The van der Waals surface area contributed by atoms with Crippen molar-refractivity contribution in [1.82, 2.24) is 28.7 Å². The molecule has 0 spiro atoms. The number of hydrogen-bond donors (Lipinski definition) is 4. The van der Waals surface area contributed by atoms with Crippen LogP contribution in [0.4, 0.5) is 0 Å². The number of nitrogens with zero attached hydrogens (tertiary/aromatic N) is 5. The van der Waals surface area contributed by atoms with Crippen molar-refractivity contribution >= 4 is 45.7 Å². The van der Waals surface area contributed by atoms with Crippen LogP contribution < -0.4 is 27.2 Å². The smallest absolute Gasteiger partial charge is 0.537 e. The zero-order chi connectivity index (χ0) is 49.7. The molecule has 4 heterocycles. The Labute approximate surface area is 402 Å². The Morgan fingerprint density at radius 3 is 1.81 bits per heavy atom. The molecule has 0 bridgehead atoms. The van der Waals surface area contributed by atoms with Crippen LogP contribution in [0.1, 0.15) is 154 Å². The first-order valence-corrected chi connectivity index (χ1v) is 24.2. The molecule has 14 nitrogen and oxygen atoms in total. The zero-order valence-corrected chi connectivity index (χ0v) is 42.6. The monoisotopic (exact) mass is 983 g/mol. The summed E-state index contributed by atoms with van der Waals surface area (Å²) in [5.74, 6) is 1.89. The van der Waals surface area contributed by atoms with Crippen LogP contribution in [-0.4, -0.2) is 51.6 Å². The minimum Gasteiger partial charge on any atom is -0.537 e. The van der Waals surface area contributed by atoms with Crippen molar-refractivity contribution in [1.29, 1.82) is 0 Å². The largest absolute Gasteiger partial charge is 0.569 e. The summed E-state index contributed by atoms with van der Waals surface area (Å²) in [7, 11) is 2.35. The highest BCUT2D eigenvalue weighted by Gasteiger charge is 2.26. The molecule has 2 atom stereocenters. The average molecular weight is 985 g/mol. The number of aliphatic hydroxyl groups excluding tert-OH is 2. The number of aliphatic hydroxyl groups is 2. The Morgan fingerprint density at radius 1 is 0.701 bits per heavy atom. The summed E-state index contributed by atoms with van der Waals surface area (Å²) in [4.78, 5) is 62.7. The maximum Gasteiger partial charge on any atom is 0.569 e. The number of unbranched alkanes of at least 4 members (excludes halogenated alkanes) is 2. The van der Waals surface area contributed by atoms with E-state index in [1.54, 1.807) is 13.2 Å². The number of aromatic nitrogens is 6. The number of benzene rings is 2. The van der Waals surface area contributed by atoms with E-state index in [4.69, 9.17) is 9.68 Å². The van der Waals surface area contributed by atoms with Gasteiger partial charge in [0.2, 0.25) is 0 Å². The van der Waals surface area contributed by atoms with Gasteiger partial charge >= 0.3 is 19.1 Å². The van der Waals surface area contributed by atoms with E-state index < -0.39 is 23.5 Å². The van der Waals surface area contributed by atoms with Crippen LogP contribution >= 0.6 is 15.9 Å². The van der Waals surface area contributed by atoms with Gasteiger partial charge in [-0.2, -0.15) is 0 Å². The molecule has 0 amide bonds. The molecule has 0 aliphatic heterocycles. The van der Waals surface area contributed by atoms with E-state index in [2.05, 4.69) is 64.6 Å². The first-order valence-electron chi connectivity index (χ1n) is 23.4. The van der Waals surface area contributed by atoms with Crippen LogP contribution in [0.5, 0.6) is 5.75 Å². The number of rotatable bonds is 17. The Hall–Kier alpha value is -5.16. The minimum absolute atomic E-state index is 0.216. The van der Waals surface area contributed by atoms with Gasteiger partial charge in [0.15, 0.2) is 0 Å². The average Bonchev–Trinajstić information content (AvgIpc) is 3.28. The lowest BCUT2D eigenvalue weighted by Gasteiger charge is -2.22. The fraction of sp³-hybridized carbons (Fsp3) is 0.490. The van der Waals surface area contributed by atoms with E-state index >= 15 is 0 Å². The third kappa shape index (κ3) is 13.3. The SMILES string of the molecule is CC(C)c1ccccc1O[B]O.CCCCn1c(=O)[nH]c2ncc(Br)c(C(O)CC(C)C)c2c1=O.CCCCn1c(=O)c2c(C(O)CC(C)C)c(-c3ccccc3C(C)C)cnc2n(C)c1=O. The van der Waals surface area contributed by atoms with Gasteiger partial charge in [-0.05, 0) is 88.0 Å². The zero-order valence-electron chi connectivity index (χ0n) is 41.0. The summed E-state index contributed by atoms with van der Waals surface area (Å²) < 4.78 is 9.40. The van der Waals surface area contributed by atoms with Gasteiger partial charge in [0, 0.05) is 53.7 Å². The summed E-state index contributed by atoms with van der Waals surface area (Å²) in [6, 6.07) is 15.7. The third-order valence-electron chi connectivity index (χ3n) is 11.5. The second-order valence-electron chi connectivity index (χ2n) is 18.4. The van der Waals surface area contributed by atoms with Gasteiger partial charge in [0.25, 0.3) is 11.1 Å². The number of halogens is 1. The molecule has 1 radical (unpaired) electrons. The van der Waals surface area contributed by atoms with Crippen molar-refractivity contribution in [2.75, 3.05) is 0 Å². The van der Waals surface area contributed by atoms with Gasteiger partial charge in [-0.1, -0.05) is 125 Å². The molecular formula is C51H69BBrN6O8. The van der Waals surface area contributed by atoms with E-state index in [9.17, 15) is 29.4 Å². The van der Waals surface area contributed by atoms with Crippen LogP contribution in [-0.2, 0) is 20.1 Å². The number of aryl methyl sites for hydroxylation is 1. The van der Waals surface area contributed by atoms with E-state index in [1.807, 2.05) is 84.0 Å². The van der Waals surface area contributed by atoms with Crippen molar-refractivity contribution in [2.45, 2.75) is 145 Å². The molecule has 67 heavy (non-hydrogen) atoms. The quantitative estimate of drug-likeness (QED) is 0.0640. The molecule has 0 saturated heterocycles. The Morgan fingerprint density at radius 2 is 1.24 bits per heavy atom. The molecular weight excluding hydrogens is 915 g/mol. The standard InChI is InChI=1S/C26H35N3O3.C16H22BrN3O3.C9H12BO2/c1-7-8-13-29-25(31)23-22(21(30)14-16(2)3)20(15-27-24(23)28(6)26(29)32)19-12-10-9-11-18(19)17(4)5;1-4-5-6-20-15(22)13-12(11(21)7-9(2)3)10(17)8-18-14(13)19-16(20)23;1-7(2)8-5-3-4-6-9(8)12-10-11/h9-12,15-17,21,30H,7-8,13-14H2,1-6H3;8-9,11,21H,4-7H2,1-3H3,(H,18,19,23);3-7,11H,1-2H3. The second-order valence-corrected chi connectivity index (χ2v) is 19.2. The number of hydrogen-bond acceptors (Lipinski definition) is 10. The molecule has 4 N–H and O–H groups in total. The molecule has 0 saturated carbocycles. The number of para-hydroxylation sites is 1. The van der Waals surface area contributed by atoms with Crippen molar-refractivity contribution in [3.05, 3.63) is 129 Å². The van der Waals surface area contributed by atoms with Crippen molar-refractivity contribution in [3.63, 3.8) is 0 Å². The van der Waals surface area contributed by atoms with Gasteiger partial charge in [-0.3, -0.25) is 28.3 Å². The summed E-state index contributed by atoms with van der Waals surface area (Å²) in [5.41, 5.74) is 3.94. The number of aromatic amines is 1. The van der Waals surface area contributed by atoms with Crippen LogP contribution in [0.15, 0.2) is 84.6 Å². The van der Waals surface area contributed by atoms with Crippen LogP contribution in [0.2, 0.25) is 0 Å². The highest BCUT2D eigenvalue weighted by atomic mass is 79.9. The fourth-order valence-corrected chi connectivity index (χ4v) is 8.66. The van der Waals surface area contributed by atoms with Crippen molar-refractivity contribution in [2.24, 2.45) is 18.9 Å². The van der Waals surface area contributed by atoms with Gasteiger partial charge in [0.05, 0.1) is 23.0 Å². The van der Waals surface area contributed by atoms with Crippen LogP contribution in [0.3, 0.4) is 0 Å². The topological polar surface area (TPSA) is 195 Å². The van der Waals surface area contributed by atoms with E-state index in [1.165, 1.54) is 19.9 Å². The molecule has 0 aliphatic carbocycles. The molecule has 361 valence electrons.